The van der Waals surface area contributed by atoms with Gasteiger partial charge in [0.05, 0.1) is 10.9 Å². The summed E-state index contributed by atoms with van der Waals surface area (Å²) >= 11 is 0. The van der Waals surface area contributed by atoms with Crippen LogP contribution in [0.3, 0.4) is 0 Å². The average molecular weight is 418 g/mol. The molecule has 0 amide bonds. The van der Waals surface area contributed by atoms with Gasteiger partial charge in [0, 0.05) is 22.6 Å². The van der Waals surface area contributed by atoms with E-state index in [-0.39, 0.29) is 5.56 Å². The molecule has 0 saturated carbocycles. The zero-order chi connectivity index (χ0) is 22.1. The SMILES string of the molecule is Cc1ccc(N(c2ccc(C)cc2)c2ccc(-c3nc4ccccc4c(=O)[nH]3)cc2)cc1. The Balaban J connectivity index is 1.57. The predicted molar refractivity (Wildman–Crippen MR) is 132 cm³/mol. The molecular weight excluding hydrogens is 394 g/mol. The second-order valence-electron chi connectivity index (χ2n) is 7.99. The van der Waals surface area contributed by atoms with Crippen molar-refractivity contribution in [3.05, 3.63) is 119 Å². The summed E-state index contributed by atoms with van der Waals surface area (Å²) in [6.45, 7) is 4.18. The molecule has 0 saturated heterocycles. The Bertz CT molecular complexity index is 1390. The van der Waals surface area contributed by atoms with Crippen molar-refractivity contribution in [2.24, 2.45) is 0 Å². The van der Waals surface area contributed by atoms with Gasteiger partial charge in [0.15, 0.2) is 0 Å². The molecule has 0 unspecified atom stereocenters. The Hall–Kier alpha value is -4.18. The van der Waals surface area contributed by atoms with Gasteiger partial charge in [-0.1, -0.05) is 47.5 Å². The average Bonchev–Trinajstić information content (AvgIpc) is 2.82. The lowest BCUT2D eigenvalue weighted by Gasteiger charge is -2.26. The van der Waals surface area contributed by atoms with Gasteiger partial charge >= 0.3 is 0 Å². The van der Waals surface area contributed by atoms with E-state index < -0.39 is 0 Å². The standard InChI is InChI=1S/C28H23N3O/c1-19-7-13-22(14-8-19)31(23-15-9-20(2)10-16-23)24-17-11-21(12-18-24)27-29-26-6-4-3-5-25(26)28(32)30-27/h3-18H,1-2H3,(H,29,30,32). The Morgan fingerprint density at radius 3 is 1.72 bits per heavy atom. The first-order chi connectivity index (χ1) is 15.6. The molecule has 32 heavy (non-hydrogen) atoms. The normalized spacial score (nSPS) is 10.9. The first kappa shape index (κ1) is 19.8. The summed E-state index contributed by atoms with van der Waals surface area (Å²) in [6, 6.07) is 32.5. The topological polar surface area (TPSA) is 49.0 Å². The van der Waals surface area contributed by atoms with E-state index >= 15 is 0 Å². The van der Waals surface area contributed by atoms with E-state index in [0.29, 0.717) is 16.7 Å². The summed E-state index contributed by atoms with van der Waals surface area (Å²) in [4.78, 5) is 22.2. The number of hydrogen-bond acceptors (Lipinski definition) is 3. The number of H-pyrrole nitrogens is 1. The molecule has 0 atom stereocenters. The van der Waals surface area contributed by atoms with E-state index in [2.05, 4.69) is 89.4 Å². The van der Waals surface area contributed by atoms with Crippen molar-refractivity contribution in [2.45, 2.75) is 13.8 Å². The molecule has 5 rings (SSSR count). The lowest BCUT2D eigenvalue weighted by atomic mass is 10.1. The Morgan fingerprint density at radius 1 is 0.656 bits per heavy atom. The molecule has 4 heteroatoms. The Morgan fingerprint density at radius 2 is 1.16 bits per heavy atom. The highest BCUT2D eigenvalue weighted by molar-refractivity contribution is 5.80. The van der Waals surface area contributed by atoms with E-state index in [1.807, 2.05) is 30.3 Å². The quantitative estimate of drug-likeness (QED) is 0.355. The fourth-order valence-electron chi connectivity index (χ4n) is 3.83. The number of rotatable bonds is 4. The minimum absolute atomic E-state index is 0.129. The van der Waals surface area contributed by atoms with Gasteiger partial charge in [-0.05, 0) is 74.5 Å². The maximum Gasteiger partial charge on any atom is 0.259 e. The number of fused-ring (bicyclic) bond motifs is 1. The molecule has 0 aliphatic rings. The molecule has 4 nitrogen and oxygen atoms in total. The molecule has 0 radical (unpaired) electrons. The third-order valence-electron chi connectivity index (χ3n) is 5.60. The van der Waals surface area contributed by atoms with Crippen molar-refractivity contribution in [1.82, 2.24) is 9.97 Å². The number of aromatic nitrogens is 2. The summed E-state index contributed by atoms with van der Waals surface area (Å²) in [7, 11) is 0. The van der Waals surface area contributed by atoms with Gasteiger partial charge in [-0.3, -0.25) is 4.79 Å². The number of nitrogens with zero attached hydrogens (tertiary/aromatic N) is 2. The van der Waals surface area contributed by atoms with Crippen LogP contribution in [0, 0.1) is 13.8 Å². The largest absolute Gasteiger partial charge is 0.311 e. The fraction of sp³-hybridized carbons (Fsp3) is 0.0714. The molecule has 0 spiro atoms. The smallest absolute Gasteiger partial charge is 0.259 e. The van der Waals surface area contributed by atoms with Gasteiger partial charge in [-0.15, -0.1) is 0 Å². The molecule has 4 aromatic carbocycles. The summed E-state index contributed by atoms with van der Waals surface area (Å²) in [5, 5.41) is 0.595. The van der Waals surface area contributed by atoms with E-state index in [4.69, 9.17) is 0 Å². The third kappa shape index (κ3) is 3.79. The third-order valence-corrected chi connectivity index (χ3v) is 5.60. The van der Waals surface area contributed by atoms with Crippen LogP contribution >= 0.6 is 0 Å². The molecule has 0 aliphatic heterocycles. The van der Waals surface area contributed by atoms with E-state index in [0.717, 1.165) is 22.6 Å². The highest BCUT2D eigenvalue weighted by atomic mass is 16.1. The van der Waals surface area contributed by atoms with Crippen molar-refractivity contribution >= 4 is 28.0 Å². The maximum absolute atomic E-state index is 12.5. The first-order valence-electron chi connectivity index (χ1n) is 10.6. The van der Waals surface area contributed by atoms with Crippen LogP contribution in [0.4, 0.5) is 17.1 Å². The van der Waals surface area contributed by atoms with Crippen LogP contribution in [-0.4, -0.2) is 9.97 Å². The highest BCUT2D eigenvalue weighted by Crippen LogP contribution is 2.35. The molecule has 0 aliphatic carbocycles. The van der Waals surface area contributed by atoms with Gasteiger partial charge in [0.2, 0.25) is 0 Å². The second kappa shape index (κ2) is 8.16. The predicted octanol–water partition coefficient (Wildman–Crippen LogP) is 6.68. The number of nitrogens with one attached hydrogen (secondary N) is 1. The van der Waals surface area contributed by atoms with Crippen molar-refractivity contribution < 1.29 is 0 Å². The molecule has 1 aromatic heterocycles. The number of benzene rings is 4. The van der Waals surface area contributed by atoms with Crippen molar-refractivity contribution in [3.63, 3.8) is 0 Å². The lowest BCUT2D eigenvalue weighted by Crippen LogP contribution is -2.11. The van der Waals surface area contributed by atoms with Crippen LogP contribution in [-0.2, 0) is 0 Å². The monoisotopic (exact) mass is 417 g/mol. The summed E-state index contributed by atoms with van der Waals surface area (Å²) < 4.78 is 0. The van der Waals surface area contributed by atoms with Gasteiger partial charge in [-0.25, -0.2) is 4.98 Å². The first-order valence-corrected chi connectivity index (χ1v) is 10.6. The van der Waals surface area contributed by atoms with Crippen molar-refractivity contribution in [2.75, 3.05) is 4.90 Å². The summed E-state index contributed by atoms with van der Waals surface area (Å²) in [5.74, 6) is 0.567. The lowest BCUT2D eigenvalue weighted by molar-refractivity contribution is 1.18. The van der Waals surface area contributed by atoms with Crippen LogP contribution in [0.15, 0.2) is 102 Å². The van der Waals surface area contributed by atoms with Crippen LogP contribution in [0.25, 0.3) is 22.3 Å². The van der Waals surface area contributed by atoms with Crippen molar-refractivity contribution in [3.8, 4) is 11.4 Å². The highest BCUT2D eigenvalue weighted by Gasteiger charge is 2.13. The van der Waals surface area contributed by atoms with Crippen LogP contribution in [0.5, 0.6) is 0 Å². The molecular formula is C28H23N3O. The summed E-state index contributed by atoms with van der Waals surface area (Å²) in [5.41, 5.74) is 7.08. The maximum atomic E-state index is 12.5. The molecule has 5 aromatic rings. The number of hydrogen-bond donors (Lipinski definition) is 1. The van der Waals surface area contributed by atoms with Gasteiger partial charge in [-0.2, -0.15) is 0 Å². The number of aryl methyl sites for hydroxylation is 2. The van der Waals surface area contributed by atoms with Crippen molar-refractivity contribution in [1.29, 1.82) is 0 Å². The Kier molecular flexibility index (Phi) is 5.04. The second-order valence-corrected chi connectivity index (χ2v) is 7.99. The molecule has 1 N–H and O–H groups in total. The minimum Gasteiger partial charge on any atom is -0.311 e. The zero-order valence-corrected chi connectivity index (χ0v) is 18.0. The number of para-hydroxylation sites is 1. The van der Waals surface area contributed by atoms with Gasteiger partial charge in [0.1, 0.15) is 5.82 Å². The zero-order valence-electron chi connectivity index (χ0n) is 18.0. The van der Waals surface area contributed by atoms with Crippen LogP contribution < -0.4 is 10.5 Å². The number of aromatic amines is 1. The van der Waals surface area contributed by atoms with E-state index in [1.54, 1.807) is 6.07 Å². The Labute approximate surface area is 186 Å². The van der Waals surface area contributed by atoms with Crippen LogP contribution in [0.2, 0.25) is 0 Å². The number of anilines is 3. The molecule has 0 fully saturated rings. The van der Waals surface area contributed by atoms with E-state index in [9.17, 15) is 4.79 Å². The van der Waals surface area contributed by atoms with Gasteiger partial charge in [0.25, 0.3) is 5.56 Å². The van der Waals surface area contributed by atoms with Crippen LogP contribution in [0.1, 0.15) is 11.1 Å². The minimum atomic E-state index is -0.129. The molecule has 1 heterocycles. The summed E-state index contributed by atoms with van der Waals surface area (Å²) in [6.07, 6.45) is 0. The van der Waals surface area contributed by atoms with E-state index in [1.165, 1.54) is 11.1 Å². The fourth-order valence-corrected chi connectivity index (χ4v) is 3.83. The molecule has 156 valence electrons. The van der Waals surface area contributed by atoms with Gasteiger partial charge < -0.3 is 9.88 Å². The molecule has 0 bridgehead atoms.